The van der Waals surface area contributed by atoms with Gasteiger partial charge in [0, 0.05) is 32.7 Å². The minimum atomic E-state index is -0.781. The molecular weight excluding hydrogens is 481 g/mol. The Morgan fingerprint density at radius 1 is 1.14 bits per heavy atom. The molecule has 4 rings (SSSR count). The molecule has 198 valence electrons. The van der Waals surface area contributed by atoms with Gasteiger partial charge in [0.05, 0.1) is 43.0 Å². The number of hydrogen-bond donors (Lipinski definition) is 3. The number of nitrogens with zero attached hydrogens (tertiary/aromatic N) is 1. The van der Waals surface area contributed by atoms with Gasteiger partial charge in [0.2, 0.25) is 5.91 Å². The van der Waals surface area contributed by atoms with Crippen molar-refractivity contribution in [1.29, 1.82) is 0 Å². The smallest absolute Gasteiger partial charge is 0.255 e. The number of ether oxygens (including phenoxy) is 2. The fourth-order valence-corrected chi connectivity index (χ4v) is 4.57. The molecule has 3 N–H and O–H groups in total. The maximum Gasteiger partial charge on any atom is 0.255 e. The predicted molar refractivity (Wildman–Crippen MR) is 133 cm³/mol. The summed E-state index contributed by atoms with van der Waals surface area (Å²) in [5, 5.41) is 15.5. The zero-order chi connectivity index (χ0) is 26.7. The molecule has 2 aromatic rings. The van der Waals surface area contributed by atoms with Crippen molar-refractivity contribution in [3.8, 4) is 5.75 Å². The van der Waals surface area contributed by atoms with E-state index in [1.54, 1.807) is 26.2 Å². The Bertz CT molecular complexity index is 1220. The summed E-state index contributed by atoms with van der Waals surface area (Å²) in [6.07, 6.45) is 0.735. The van der Waals surface area contributed by atoms with Gasteiger partial charge in [0.15, 0.2) is 0 Å². The Morgan fingerprint density at radius 3 is 2.62 bits per heavy atom. The monoisotopic (exact) mass is 513 g/mol. The highest BCUT2D eigenvalue weighted by Gasteiger charge is 2.29. The van der Waals surface area contributed by atoms with Crippen molar-refractivity contribution in [3.05, 3.63) is 63.5 Å². The molecule has 0 spiro atoms. The van der Waals surface area contributed by atoms with Crippen molar-refractivity contribution in [2.24, 2.45) is 0 Å². The number of aliphatic hydroxyl groups excluding tert-OH is 1. The van der Waals surface area contributed by atoms with Crippen molar-refractivity contribution in [1.82, 2.24) is 15.5 Å². The molecular formula is C27H32FN3O6. The number of aliphatic hydroxyl groups is 1. The molecule has 1 fully saturated rings. The van der Waals surface area contributed by atoms with Gasteiger partial charge >= 0.3 is 0 Å². The molecule has 3 amide bonds. The molecule has 37 heavy (non-hydrogen) atoms. The maximum atomic E-state index is 14.8. The van der Waals surface area contributed by atoms with E-state index in [2.05, 4.69) is 10.6 Å². The zero-order valence-corrected chi connectivity index (χ0v) is 21.2. The number of benzene rings is 2. The van der Waals surface area contributed by atoms with Crippen LogP contribution in [-0.4, -0.2) is 80.3 Å². The number of likely N-dealkylation sites (N-methyl/N-ethyl adjacent to an activating group) is 1. The lowest BCUT2D eigenvalue weighted by molar-refractivity contribution is -0.127. The Labute approximate surface area is 214 Å². The number of amides is 3. The van der Waals surface area contributed by atoms with Gasteiger partial charge in [-0.2, -0.15) is 0 Å². The Hall–Kier alpha value is -3.50. The van der Waals surface area contributed by atoms with Gasteiger partial charge in [-0.05, 0) is 54.7 Å². The number of carbonyl (C=O) groups excluding carboxylic acids is 3. The summed E-state index contributed by atoms with van der Waals surface area (Å²) >= 11 is 0. The van der Waals surface area contributed by atoms with Gasteiger partial charge in [-0.25, -0.2) is 4.39 Å². The number of fused-ring (bicyclic) bond motifs is 1. The predicted octanol–water partition coefficient (Wildman–Crippen LogP) is 1.36. The first-order chi connectivity index (χ1) is 17.7. The third kappa shape index (κ3) is 5.91. The van der Waals surface area contributed by atoms with Crippen molar-refractivity contribution in [2.75, 3.05) is 40.5 Å². The standard InChI is InChI=1S/C27H32FN3O6/c1-15-17(10-16-4-5-19(21(28)11-16)26(34)29-13-24(33)31(2)3)12-20(25-18(15)6-9-37-25)27(35)30-22-7-8-36-14-23(22)32/h4-5,11-12,22-23,32H,6-10,13-14H2,1-3H3,(H,29,34)(H,30,35)/t22-,23-/m0/s1. The summed E-state index contributed by atoms with van der Waals surface area (Å²) < 4.78 is 25.9. The van der Waals surface area contributed by atoms with E-state index >= 15 is 0 Å². The topological polar surface area (TPSA) is 117 Å². The fraction of sp³-hybridized carbons (Fsp3) is 0.444. The Morgan fingerprint density at radius 2 is 1.92 bits per heavy atom. The molecule has 0 saturated carbocycles. The fourth-order valence-electron chi connectivity index (χ4n) is 4.57. The van der Waals surface area contributed by atoms with Gasteiger partial charge in [0.25, 0.3) is 11.8 Å². The van der Waals surface area contributed by atoms with E-state index < -0.39 is 23.9 Å². The SMILES string of the molecule is Cc1c(Cc2ccc(C(=O)NCC(=O)N(C)C)c(F)c2)cc(C(=O)N[C@H]2CCOC[C@@H]2O)c2c1CCO2. The Balaban J connectivity index is 1.54. The van der Waals surface area contributed by atoms with Crippen LogP contribution in [0.3, 0.4) is 0 Å². The van der Waals surface area contributed by atoms with E-state index in [1.807, 2.05) is 6.92 Å². The number of nitrogens with one attached hydrogen (secondary N) is 2. The van der Waals surface area contributed by atoms with E-state index in [9.17, 15) is 23.9 Å². The lowest BCUT2D eigenvalue weighted by atomic mass is 9.91. The van der Waals surface area contributed by atoms with Crippen LogP contribution in [0.2, 0.25) is 0 Å². The van der Waals surface area contributed by atoms with Crippen LogP contribution in [0.1, 0.15) is 49.4 Å². The molecule has 10 heteroatoms. The largest absolute Gasteiger partial charge is 0.492 e. The first-order valence-corrected chi connectivity index (χ1v) is 12.3. The van der Waals surface area contributed by atoms with Gasteiger partial charge in [-0.3, -0.25) is 14.4 Å². The summed E-state index contributed by atoms with van der Waals surface area (Å²) in [7, 11) is 3.14. The minimum absolute atomic E-state index is 0.149. The first kappa shape index (κ1) is 26.6. The second-order valence-corrected chi connectivity index (χ2v) is 9.59. The van der Waals surface area contributed by atoms with E-state index in [4.69, 9.17) is 9.47 Å². The highest BCUT2D eigenvalue weighted by molar-refractivity contribution is 5.98. The maximum absolute atomic E-state index is 14.8. The van der Waals surface area contributed by atoms with Crippen LogP contribution in [0.5, 0.6) is 5.75 Å². The lowest BCUT2D eigenvalue weighted by Crippen LogP contribution is -2.48. The third-order valence-electron chi connectivity index (χ3n) is 6.83. The molecule has 0 aliphatic carbocycles. The molecule has 0 radical (unpaired) electrons. The average molecular weight is 514 g/mol. The van der Waals surface area contributed by atoms with Crippen LogP contribution in [0.4, 0.5) is 4.39 Å². The molecule has 0 unspecified atom stereocenters. The summed E-state index contributed by atoms with van der Waals surface area (Å²) in [4.78, 5) is 38.6. The van der Waals surface area contributed by atoms with E-state index in [-0.39, 0.29) is 30.5 Å². The molecule has 0 aromatic heterocycles. The molecule has 2 aliphatic rings. The van der Waals surface area contributed by atoms with E-state index in [1.165, 1.54) is 17.0 Å². The van der Waals surface area contributed by atoms with Crippen molar-refractivity contribution in [3.63, 3.8) is 0 Å². The van der Waals surface area contributed by atoms with Crippen LogP contribution in [0.15, 0.2) is 24.3 Å². The van der Waals surface area contributed by atoms with Gasteiger partial charge < -0.3 is 30.1 Å². The van der Waals surface area contributed by atoms with Crippen LogP contribution < -0.4 is 15.4 Å². The molecule has 1 saturated heterocycles. The first-order valence-electron chi connectivity index (χ1n) is 12.3. The summed E-state index contributed by atoms with van der Waals surface area (Å²) in [5.41, 5.74) is 3.62. The lowest BCUT2D eigenvalue weighted by Gasteiger charge is -2.28. The molecule has 2 aromatic carbocycles. The quantitative estimate of drug-likeness (QED) is 0.515. The highest BCUT2D eigenvalue weighted by atomic mass is 19.1. The van der Waals surface area contributed by atoms with E-state index in [0.29, 0.717) is 49.4 Å². The number of rotatable bonds is 7. The zero-order valence-electron chi connectivity index (χ0n) is 21.2. The second-order valence-electron chi connectivity index (χ2n) is 9.59. The highest BCUT2D eigenvalue weighted by Crippen LogP contribution is 2.35. The number of carbonyl (C=O) groups is 3. The van der Waals surface area contributed by atoms with Crippen LogP contribution in [0.25, 0.3) is 0 Å². The van der Waals surface area contributed by atoms with Gasteiger partial charge in [-0.1, -0.05) is 6.07 Å². The Kier molecular flexibility index (Phi) is 8.09. The molecule has 0 bridgehead atoms. The summed E-state index contributed by atoms with van der Waals surface area (Å²) in [6, 6.07) is 5.69. The van der Waals surface area contributed by atoms with Gasteiger partial charge in [-0.15, -0.1) is 0 Å². The molecule has 2 aliphatic heterocycles. The third-order valence-corrected chi connectivity index (χ3v) is 6.83. The molecule has 2 heterocycles. The number of hydrogen-bond acceptors (Lipinski definition) is 6. The van der Waals surface area contributed by atoms with Crippen molar-refractivity contribution < 1.29 is 33.4 Å². The van der Waals surface area contributed by atoms with E-state index in [0.717, 1.165) is 16.7 Å². The van der Waals surface area contributed by atoms with Gasteiger partial charge in [0.1, 0.15) is 11.6 Å². The average Bonchev–Trinajstić information content (AvgIpc) is 3.36. The number of halogens is 1. The van der Waals surface area contributed by atoms with Crippen LogP contribution in [0, 0.1) is 12.7 Å². The summed E-state index contributed by atoms with van der Waals surface area (Å²) in [5.74, 6) is -1.45. The molecule has 9 nitrogen and oxygen atoms in total. The normalized spacial score (nSPS) is 18.5. The van der Waals surface area contributed by atoms with Crippen molar-refractivity contribution >= 4 is 17.7 Å². The van der Waals surface area contributed by atoms with Crippen LogP contribution >= 0.6 is 0 Å². The second kappa shape index (κ2) is 11.3. The minimum Gasteiger partial charge on any atom is -0.492 e. The van der Waals surface area contributed by atoms with Crippen LogP contribution in [-0.2, 0) is 22.4 Å². The summed E-state index contributed by atoms with van der Waals surface area (Å²) in [6.45, 7) is 2.83. The molecule has 2 atom stereocenters. The van der Waals surface area contributed by atoms with Crippen molar-refractivity contribution in [2.45, 2.75) is 38.3 Å².